The average Bonchev–Trinajstić information content (AvgIpc) is 3.37. The van der Waals surface area contributed by atoms with Crippen LogP contribution in [0.25, 0.3) is 0 Å². The zero-order chi connectivity index (χ0) is 21.3. The third-order valence-corrected chi connectivity index (χ3v) is 6.79. The monoisotopic (exact) mass is 430 g/mol. The summed E-state index contributed by atoms with van der Waals surface area (Å²) < 4.78 is 34.6. The lowest BCUT2D eigenvalue weighted by Gasteiger charge is -2.19. The SMILES string of the molecule is COc1ccc(C2CC(=O)N(c3ccc(S(N)(=O)=O)cc3)C2)cc1OC1CCCC1. The Bertz CT molecular complexity index is 1030. The van der Waals surface area contributed by atoms with Gasteiger partial charge in [-0.05, 0) is 67.6 Å². The van der Waals surface area contributed by atoms with Crippen molar-refractivity contribution in [3.63, 3.8) is 0 Å². The van der Waals surface area contributed by atoms with Gasteiger partial charge in [-0.1, -0.05) is 6.07 Å². The fourth-order valence-electron chi connectivity index (χ4n) is 4.22. The molecule has 4 rings (SSSR count). The van der Waals surface area contributed by atoms with Gasteiger partial charge >= 0.3 is 0 Å². The van der Waals surface area contributed by atoms with Crippen LogP contribution >= 0.6 is 0 Å². The molecule has 0 bridgehead atoms. The van der Waals surface area contributed by atoms with E-state index < -0.39 is 10.0 Å². The maximum Gasteiger partial charge on any atom is 0.238 e. The molecule has 7 nitrogen and oxygen atoms in total. The van der Waals surface area contributed by atoms with Crippen LogP contribution in [-0.2, 0) is 14.8 Å². The number of anilines is 1. The molecule has 1 aliphatic carbocycles. The van der Waals surface area contributed by atoms with Crippen LogP contribution in [0.15, 0.2) is 47.4 Å². The van der Waals surface area contributed by atoms with Gasteiger partial charge in [-0.15, -0.1) is 0 Å². The highest BCUT2D eigenvalue weighted by Gasteiger charge is 2.32. The molecule has 2 aromatic rings. The molecule has 2 aromatic carbocycles. The Kier molecular flexibility index (Phi) is 5.71. The van der Waals surface area contributed by atoms with E-state index in [9.17, 15) is 13.2 Å². The van der Waals surface area contributed by atoms with E-state index in [1.165, 1.54) is 25.0 Å². The number of rotatable bonds is 6. The molecule has 1 aliphatic heterocycles. The highest BCUT2D eigenvalue weighted by molar-refractivity contribution is 7.89. The first kappa shape index (κ1) is 20.7. The minimum Gasteiger partial charge on any atom is -0.493 e. The first-order chi connectivity index (χ1) is 14.3. The number of hydrogen-bond donors (Lipinski definition) is 1. The molecule has 1 atom stereocenters. The quantitative estimate of drug-likeness (QED) is 0.759. The lowest BCUT2D eigenvalue weighted by molar-refractivity contribution is -0.117. The summed E-state index contributed by atoms with van der Waals surface area (Å²) in [7, 11) is -2.13. The van der Waals surface area contributed by atoms with Crippen molar-refractivity contribution < 1.29 is 22.7 Å². The van der Waals surface area contributed by atoms with Crippen molar-refractivity contribution in [3.8, 4) is 11.5 Å². The van der Waals surface area contributed by atoms with Gasteiger partial charge in [-0.3, -0.25) is 4.79 Å². The lowest BCUT2D eigenvalue weighted by Crippen LogP contribution is -2.24. The zero-order valence-electron chi connectivity index (χ0n) is 16.9. The van der Waals surface area contributed by atoms with Crippen LogP contribution in [0.3, 0.4) is 0 Å². The first-order valence-electron chi connectivity index (χ1n) is 10.1. The van der Waals surface area contributed by atoms with Gasteiger partial charge in [-0.25, -0.2) is 13.6 Å². The number of sulfonamides is 1. The molecule has 160 valence electrons. The lowest BCUT2D eigenvalue weighted by atomic mass is 9.98. The number of amides is 1. The number of ether oxygens (including phenoxy) is 2. The van der Waals surface area contributed by atoms with Gasteiger partial charge in [0.05, 0.1) is 18.1 Å². The van der Waals surface area contributed by atoms with Crippen LogP contribution in [0, 0.1) is 0 Å². The number of nitrogens with zero attached hydrogens (tertiary/aromatic N) is 1. The van der Waals surface area contributed by atoms with Crippen LogP contribution in [0.4, 0.5) is 5.69 Å². The van der Waals surface area contributed by atoms with Crippen molar-refractivity contribution in [1.82, 2.24) is 0 Å². The summed E-state index contributed by atoms with van der Waals surface area (Å²) in [4.78, 5) is 14.4. The van der Waals surface area contributed by atoms with Crippen LogP contribution in [0.2, 0.25) is 0 Å². The summed E-state index contributed by atoms with van der Waals surface area (Å²) in [5.41, 5.74) is 1.69. The predicted octanol–water partition coefficient (Wildman–Crippen LogP) is 3.18. The molecule has 1 heterocycles. The average molecular weight is 431 g/mol. The molecule has 1 saturated heterocycles. The number of nitrogens with two attached hydrogens (primary N) is 1. The van der Waals surface area contributed by atoms with E-state index >= 15 is 0 Å². The number of carbonyl (C=O) groups excluding carboxylic acids is 1. The predicted molar refractivity (Wildman–Crippen MR) is 113 cm³/mol. The first-order valence-corrected chi connectivity index (χ1v) is 11.7. The van der Waals surface area contributed by atoms with E-state index in [0.29, 0.717) is 24.4 Å². The Morgan fingerprint density at radius 1 is 1.03 bits per heavy atom. The second-order valence-corrected chi connectivity index (χ2v) is 9.44. The highest BCUT2D eigenvalue weighted by atomic mass is 32.2. The maximum atomic E-state index is 12.7. The van der Waals surface area contributed by atoms with Gasteiger partial charge in [0.15, 0.2) is 11.5 Å². The zero-order valence-corrected chi connectivity index (χ0v) is 17.7. The number of carbonyl (C=O) groups is 1. The van der Waals surface area contributed by atoms with Crippen LogP contribution in [0.1, 0.15) is 43.6 Å². The van der Waals surface area contributed by atoms with Gasteiger partial charge in [-0.2, -0.15) is 0 Å². The summed E-state index contributed by atoms with van der Waals surface area (Å²) in [5, 5.41) is 5.15. The van der Waals surface area contributed by atoms with Crippen molar-refractivity contribution in [3.05, 3.63) is 48.0 Å². The highest BCUT2D eigenvalue weighted by Crippen LogP contribution is 2.38. The molecule has 2 aliphatic rings. The van der Waals surface area contributed by atoms with Crippen molar-refractivity contribution >= 4 is 21.6 Å². The largest absolute Gasteiger partial charge is 0.493 e. The van der Waals surface area contributed by atoms with Gasteiger partial charge in [0, 0.05) is 24.6 Å². The summed E-state index contributed by atoms with van der Waals surface area (Å²) in [6.07, 6.45) is 5.07. The van der Waals surface area contributed by atoms with Crippen molar-refractivity contribution in [2.24, 2.45) is 5.14 Å². The Morgan fingerprint density at radius 2 is 1.73 bits per heavy atom. The molecule has 1 saturated carbocycles. The molecule has 2 N–H and O–H groups in total. The summed E-state index contributed by atoms with van der Waals surface area (Å²) in [6.45, 7) is 0.517. The van der Waals surface area contributed by atoms with E-state index in [2.05, 4.69) is 0 Å². The smallest absolute Gasteiger partial charge is 0.238 e. The Labute approximate surface area is 176 Å². The van der Waals surface area contributed by atoms with Crippen LogP contribution in [0.5, 0.6) is 11.5 Å². The topological polar surface area (TPSA) is 98.9 Å². The van der Waals surface area contributed by atoms with Gasteiger partial charge in [0.2, 0.25) is 15.9 Å². The number of primary sulfonamides is 1. The molecule has 1 unspecified atom stereocenters. The molecule has 0 aromatic heterocycles. The number of benzene rings is 2. The normalized spacial score (nSPS) is 20.0. The minimum absolute atomic E-state index is 0.00238. The van der Waals surface area contributed by atoms with Gasteiger partial charge in [0.25, 0.3) is 0 Å². The molecule has 8 heteroatoms. The molecule has 0 spiro atoms. The molecule has 30 heavy (non-hydrogen) atoms. The molecule has 0 radical (unpaired) electrons. The Balaban J connectivity index is 1.53. The summed E-state index contributed by atoms with van der Waals surface area (Å²) in [6, 6.07) is 11.9. The second kappa shape index (κ2) is 8.28. The summed E-state index contributed by atoms with van der Waals surface area (Å²) >= 11 is 0. The van der Waals surface area contributed by atoms with E-state index in [1.54, 1.807) is 24.1 Å². The standard InChI is InChI=1S/C22H26N2O5S/c1-28-20-11-6-15(12-21(20)29-18-4-2-3-5-18)16-13-22(25)24(14-16)17-7-9-19(10-8-17)30(23,26)27/h6-12,16,18H,2-5,13-14H2,1H3,(H2,23,26,27). The third kappa shape index (κ3) is 4.29. The Hall–Kier alpha value is -2.58. The van der Waals surface area contributed by atoms with Crippen molar-refractivity contribution in [2.45, 2.75) is 49.0 Å². The van der Waals surface area contributed by atoms with Crippen molar-refractivity contribution in [2.75, 3.05) is 18.6 Å². The van der Waals surface area contributed by atoms with Gasteiger partial charge < -0.3 is 14.4 Å². The van der Waals surface area contributed by atoms with Gasteiger partial charge in [0.1, 0.15) is 0 Å². The Morgan fingerprint density at radius 3 is 2.37 bits per heavy atom. The van der Waals surface area contributed by atoms with E-state index in [-0.39, 0.29) is 22.8 Å². The third-order valence-electron chi connectivity index (χ3n) is 5.86. The minimum atomic E-state index is -3.76. The maximum absolute atomic E-state index is 12.7. The number of methoxy groups -OCH3 is 1. The number of hydrogen-bond acceptors (Lipinski definition) is 5. The molecular weight excluding hydrogens is 404 g/mol. The molecule has 1 amide bonds. The van der Waals surface area contributed by atoms with E-state index in [0.717, 1.165) is 24.2 Å². The van der Waals surface area contributed by atoms with Crippen LogP contribution in [-0.4, -0.2) is 34.1 Å². The van der Waals surface area contributed by atoms with E-state index in [1.807, 2.05) is 18.2 Å². The molecular formula is C22H26N2O5S. The summed E-state index contributed by atoms with van der Waals surface area (Å²) in [5.74, 6) is 1.44. The fourth-order valence-corrected chi connectivity index (χ4v) is 4.74. The second-order valence-electron chi connectivity index (χ2n) is 7.88. The molecule has 2 fully saturated rings. The van der Waals surface area contributed by atoms with E-state index in [4.69, 9.17) is 14.6 Å². The van der Waals surface area contributed by atoms with Crippen LogP contribution < -0.4 is 19.5 Å². The fraction of sp³-hybridized carbons (Fsp3) is 0.409. The van der Waals surface area contributed by atoms with Crippen molar-refractivity contribution in [1.29, 1.82) is 0 Å².